The third-order valence-corrected chi connectivity index (χ3v) is 9.57. The lowest BCUT2D eigenvalue weighted by atomic mass is 9.90. The van der Waals surface area contributed by atoms with Crippen LogP contribution in [0.2, 0.25) is 0 Å². The first-order valence-corrected chi connectivity index (χ1v) is 17.7. The lowest BCUT2D eigenvalue weighted by molar-refractivity contribution is -0.146. The van der Waals surface area contributed by atoms with E-state index >= 15 is 0 Å². The number of rotatable bonds is 16. The standard InChI is InChI=1S/C39H52O6/c1-2-3-6-13-29-20-21-34-35(26-29)39(43-25-23-37(41)45-28-31-16-9-5-10-17-31)33-19-12-11-18-32(33)38(34)42-24-22-36(40)44-27-30-14-7-4-8-15-30/h11-12,18-21,26,30-31H,2-10,13-17,22-25,27-28H2,1H3. The van der Waals surface area contributed by atoms with E-state index in [0.717, 1.165) is 71.6 Å². The first kappa shape index (κ1) is 33.1. The van der Waals surface area contributed by atoms with Gasteiger partial charge in [0, 0.05) is 21.5 Å². The van der Waals surface area contributed by atoms with Gasteiger partial charge in [-0.15, -0.1) is 0 Å². The summed E-state index contributed by atoms with van der Waals surface area (Å²) in [4.78, 5) is 25.2. The molecule has 2 fully saturated rings. The summed E-state index contributed by atoms with van der Waals surface area (Å²) in [6.45, 7) is 3.75. The number of fused-ring (bicyclic) bond motifs is 2. The molecule has 0 atom stereocenters. The van der Waals surface area contributed by atoms with Gasteiger partial charge in [0.05, 0.1) is 39.3 Å². The molecular weight excluding hydrogens is 564 g/mol. The van der Waals surface area contributed by atoms with E-state index in [1.807, 2.05) is 24.3 Å². The highest BCUT2D eigenvalue weighted by atomic mass is 16.5. The molecule has 244 valence electrons. The number of aryl methyl sites for hydroxylation is 1. The van der Waals surface area contributed by atoms with Crippen LogP contribution < -0.4 is 9.47 Å². The number of benzene rings is 3. The summed E-state index contributed by atoms with van der Waals surface area (Å²) >= 11 is 0. The van der Waals surface area contributed by atoms with Crippen molar-refractivity contribution < 1.29 is 28.5 Å². The zero-order valence-electron chi connectivity index (χ0n) is 27.3. The van der Waals surface area contributed by atoms with E-state index in [2.05, 4.69) is 25.1 Å². The van der Waals surface area contributed by atoms with E-state index in [9.17, 15) is 9.59 Å². The Morgan fingerprint density at radius 1 is 0.644 bits per heavy atom. The summed E-state index contributed by atoms with van der Waals surface area (Å²) in [6, 6.07) is 14.6. The van der Waals surface area contributed by atoms with Crippen LogP contribution in [-0.2, 0) is 25.5 Å². The summed E-state index contributed by atoms with van der Waals surface area (Å²) in [6.07, 6.45) is 17.0. The van der Waals surface area contributed by atoms with Gasteiger partial charge in [-0.25, -0.2) is 0 Å². The fraction of sp³-hybridized carbons (Fsp3) is 0.590. The highest BCUT2D eigenvalue weighted by Gasteiger charge is 2.20. The minimum absolute atomic E-state index is 0.204. The molecule has 0 amide bonds. The summed E-state index contributed by atoms with van der Waals surface area (Å²) in [5.41, 5.74) is 1.25. The maximum absolute atomic E-state index is 12.6. The van der Waals surface area contributed by atoms with E-state index in [1.54, 1.807) is 0 Å². The van der Waals surface area contributed by atoms with Crippen LogP contribution in [0.1, 0.15) is 109 Å². The number of unbranched alkanes of at least 4 members (excludes halogenated alkanes) is 2. The average Bonchev–Trinajstić information content (AvgIpc) is 3.08. The van der Waals surface area contributed by atoms with Crippen molar-refractivity contribution in [2.75, 3.05) is 26.4 Å². The number of ether oxygens (including phenoxy) is 4. The topological polar surface area (TPSA) is 71.1 Å². The highest BCUT2D eigenvalue weighted by Crippen LogP contribution is 2.43. The van der Waals surface area contributed by atoms with Gasteiger partial charge in [-0.3, -0.25) is 9.59 Å². The number of carbonyl (C=O) groups excluding carboxylic acids is 2. The minimum Gasteiger partial charge on any atom is -0.492 e. The Bertz CT molecular complexity index is 1390. The van der Waals surface area contributed by atoms with Crippen LogP contribution in [0.15, 0.2) is 42.5 Å². The number of carbonyl (C=O) groups is 2. The SMILES string of the molecule is CCCCCc1ccc2c(OCCC(=O)OCC3CCCCC3)c3ccccc3c(OCCC(=O)OCC3CCCCC3)c2c1. The van der Waals surface area contributed by atoms with E-state index in [4.69, 9.17) is 18.9 Å². The highest BCUT2D eigenvalue weighted by molar-refractivity contribution is 6.11. The Morgan fingerprint density at radius 2 is 1.16 bits per heavy atom. The van der Waals surface area contributed by atoms with E-state index in [1.165, 1.54) is 56.9 Å². The molecule has 2 aliphatic rings. The molecule has 3 aromatic carbocycles. The summed E-state index contributed by atoms with van der Waals surface area (Å²) in [5.74, 6) is 2.09. The molecule has 2 saturated carbocycles. The molecule has 45 heavy (non-hydrogen) atoms. The summed E-state index contributed by atoms with van der Waals surface area (Å²) in [7, 11) is 0. The molecule has 0 radical (unpaired) electrons. The molecule has 2 aliphatic carbocycles. The van der Waals surface area contributed by atoms with Gasteiger partial charge >= 0.3 is 11.9 Å². The van der Waals surface area contributed by atoms with Gasteiger partial charge in [0.25, 0.3) is 0 Å². The Labute approximate surface area is 269 Å². The van der Waals surface area contributed by atoms with Gasteiger partial charge in [-0.05, 0) is 62.0 Å². The van der Waals surface area contributed by atoms with Crippen LogP contribution >= 0.6 is 0 Å². The third kappa shape index (κ3) is 9.61. The molecule has 0 aliphatic heterocycles. The zero-order chi connectivity index (χ0) is 31.3. The molecule has 0 heterocycles. The van der Waals surface area contributed by atoms with Gasteiger partial charge in [0.2, 0.25) is 0 Å². The second-order valence-corrected chi connectivity index (χ2v) is 13.1. The summed E-state index contributed by atoms with van der Waals surface area (Å²) in [5, 5.41) is 3.77. The Balaban J connectivity index is 1.30. The molecule has 0 saturated heterocycles. The van der Waals surface area contributed by atoms with Crippen LogP contribution in [0.4, 0.5) is 0 Å². The smallest absolute Gasteiger partial charge is 0.309 e. The molecule has 5 rings (SSSR count). The number of hydrogen-bond donors (Lipinski definition) is 0. The normalized spacial score (nSPS) is 16.1. The van der Waals surface area contributed by atoms with Crippen molar-refractivity contribution in [3.05, 3.63) is 48.0 Å². The fourth-order valence-electron chi connectivity index (χ4n) is 6.94. The molecule has 0 aromatic heterocycles. The third-order valence-electron chi connectivity index (χ3n) is 9.57. The lowest BCUT2D eigenvalue weighted by Gasteiger charge is -2.21. The van der Waals surface area contributed by atoms with Crippen molar-refractivity contribution in [1.82, 2.24) is 0 Å². The van der Waals surface area contributed by atoms with Crippen LogP contribution in [0.25, 0.3) is 21.5 Å². The van der Waals surface area contributed by atoms with E-state index in [0.29, 0.717) is 25.0 Å². The van der Waals surface area contributed by atoms with Crippen molar-refractivity contribution in [3.8, 4) is 11.5 Å². The molecule has 0 spiro atoms. The number of hydrogen-bond acceptors (Lipinski definition) is 6. The Hall–Kier alpha value is -3.28. The van der Waals surface area contributed by atoms with Crippen LogP contribution in [0.5, 0.6) is 11.5 Å². The van der Waals surface area contributed by atoms with Crippen molar-refractivity contribution in [2.24, 2.45) is 11.8 Å². The molecule has 0 unspecified atom stereocenters. The maximum Gasteiger partial charge on any atom is 0.309 e. The molecule has 0 bridgehead atoms. The Kier molecular flexibility index (Phi) is 12.8. The number of esters is 2. The second kappa shape index (κ2) is 17.4. The maximum atomic E-state index is 12.6. The van der Waals surface area contributed by atoms with Crippen molar-refractivity contribution in [2.45, 2.75) is 110 Å². The zero-order valence-corrected chi connectivity index (χ0v) is 27.3. The van der Waals surface area contributed by atoms with Crippen molar-refractivity contribution in [1.29, 1.82) is 0 Å². The lowest BCUT2D eigenvalue weighted by Crippen LogP contribution is -2.18. The van der Waals surface area contributed by atoms with Gasteiger partial charge in [-0.2, -0.15) is 0 Å². The van der Waals surface area contributed by atoms with Crippen LogP contribution in [-0.4, -0.2) is 38.4 Å². The van der Waals surface area contributed by atoms with E-state index in [-0.39, 0.29) is 38.0 Å². The summed E-state index contributed by atoms with van der Waals surface area (Å²) < 4.78 is 24.1. The predicted octanol–water partition coefficient (Wildman–Crippen LogP) is 9.51. The molecular formula is C39H52O6. The Morgan fingerprint density at radius 3 is 1.69 bits per heavy atom. The van der Waals surface area contributed by atoms with Gasteiger partial charge < -0.3 is 18.9 Å². The predicted molar refractivity (Wildman–Crippen MR) is 180 cm³/mol. The minimum atomic E-state index is -0.206. The average molecular weight is 617 g/mol. The first-order valence-electron chi connectivity index (χ1n) is 17.7. The quantitative estimate of drug-likeness (QED) is 0.0907. The van der Waals surface area contributed by atoms with E-state index < -0.39 is 0 Å². The van der Waals surface area contributed by atoms with Gasteiger partial charge in [0.15, 0.2) is 0 Å². The largest absolute Gasteiger partial charge is 0.492 e. The molecule has 6 nitrogen and oxygen atoms in total. The van der Waals surface area contributed by atoms with Crippen molar-refractivity contribution in [3.63, 3.8) is 0 Å². The van der Waals surface area contributed by atoms with Gasteiger partial charge in [0.1, 0.15) is 11.5 Å². The van der Waals surface area contributed by atoms with Crippen LogP contribution in [0.3, 0.4) is 0 Å². The van der Waals surface area contributed by atoms with Crippen LogP contribution in [0, 0.1) is 11.8 Å². The molecule has 3 aromatic rings. The van der Waals surface area contributed by atoms with Gasteiger partial charge in [-0.1, -0.05) is 94.7 Å². The van der Waals surface area contributed by atoms with Crippen molar-refractivity contribution >= 4 is 33.5 Å². The monoisotopic (exact) mass is 616 g/mol. The molecule has 0 N–H and O–H groups in total. The first-order chi connectivity index (χ1) is 22.1. The second-order valence-electron chi connectivity index (χ2n) is 13.1. The molecule has 6 heteroatoms. The fourth-order valence-corrected chi connectivity index (χ4v) is 6.94.